The zero-order valence-electron chi connectivity index (χ0n) is 16.0. The number of hydrogen-bond donors (Lipinski definition) is 0. The maximum Gasteiger partial charge on any atom is 0.236 e. The molecule has 0 saturated carbocycles. The Kier molecular flexibility index (Phi) is 7.12. The molecule has 0 spiro atoms. The quantitative estimate of drug-likeness (QED) is 0.709. The van der Waals surface area contributed by atoms with Crippen molar-refractivity contribution in [3.63, 3.8) is 0 Å². The number of ether oxygens (including phenoxy) is 1. The predicted molar refractivity (Wildman–Crippen MR) is 110 cm³/mol. The highest BCUT2D eigenvalue weighted by molar-refractivity contribution is 6.30. The predicted octanol–water partition coefficient (Wildman–Crippen LogP) is 3.14. The Morgan fingerprint density at radius 3 is 2.61 bits per heavy atom. The van der Waals surface area contributed by atoms with E-state index in [9.17, 15) is 9.18 Å². The number of rotatable bonds is 7. The highest BCUT2D eigenvalue weighted by Gasteiger charge is 2.23. The average molecular weight is 406 g/mol. The Bertz CT molecular complexity index is 797. The molecular formula is C21H25ClFN3O2. The van der Waals surface area contributed by atoms with E-state index in [2.05, 4.69) is 0 Å². The zero-order chi connectivity index (χ0) is 19.9. The molecule has 3 rings (SSSR count). The SMILES string of the molecule is CN(CCOc1cccc(Cl)c1)CC(=O)N1CCN(c2ccccc2F)CC1. The summed E-state index contributed by atoms with van der Waals surface area (Å²) in [5.74, 6) is 0.580. The van der Waals surface area contributed by atoms with Gasteiger partial charge in [-0.25, -0.2) is 4.39 Å². The summed E-state index contributed by atoms with van der Waals surface area (Å²) in [6.45, 7) is 3.90. The topological polar surface area (TPSA) is 36.0 Å². The second-order valence-electron chi connectivity index (χ2n) is 6.86. The van der Waals surface area contributed by atoms with Crippen LogP contribution in [0.25, 0.3) is 0 Å². The Morgan fingerprint density at radius 2 is 1.89 bits per heavy atom. The van der Waals surface area contributed by atoms with E-state index in [1.807, 2.05) is 39.9 Å². The molecule has 1 aliphatic heterocycles. The van der Waals surface area contributed by atoms with Gasteiger partial charge in [-0.2, -0.15) is 0 Å². The van der Waals surface area contributed by atoms with Crippen LogP contribution < -0.4 is 9.64 Å². The largest absolute Gasteiger partial charge is 0.492 e. The molecule has 2 aromatic carbocycles. The molecule has 2 aromatic rings. The van der Waals surface area contributed by atoms with Crippen molar-refractivity contribution in [1.29, 1.82) is 0 Å². The summed E-state index contributed by atoms with van der Waals surface area (Å²) in [6, 6.07) is 14.0. The number of anilines is 1. The summed E-state index contributed by atoms with van der Waals surface area (Å²) in [5, 5.41) is 0.635. The van der Waals surface area contributed by atoms with Crippen molar-refractivity contribution < 1.29 is 13.9 Å². The van der Waals surface area contributed by atoms with Gasteiger partial charge in [0.2, 0.25) is 5.91 Å². The van der Waals surface area contributed by atoms with E-state index < -0.39 is 0 Å². The first-order chi connectivity index (χ1) is 13.5. The van der Waals surface area contributed by atoms with Gasteiger partial charge in [0.25, 0.3) is 0 Å². The lowest BCUT2D eigenvalue weighted by molar-refractivity contribution is -0.132. The number of nitrogens with zero attached hydrogens (tertiary/aromatic N) is 3. The lowest BCUT2D eigenvalue weighted by atomic mass is 10.2. The summed E-state index contributed by atoms with van der Waals surface area (Å²) in [6.07, 6.45) is 0. The first-order valence-corrected chi connectivity index (χ1v) is 9.75. The number of likely N-dealkylation sites (N-methyl/N-ethyl adjacent to an activating group) is 1. The number of para-hydroxylation sites is 1. The number of benzene rings is 2. The standard InChI is InChI=1S/C21H25ClFN3O2/c1-24(13-14-28-18-6-4-5-17(22)15-18)16-21(27)26-11-9-25(10-12-26)20-8-3-2-7-19(20)23/h2-8,15H,9-14,16H2,1H3. The van der Waals surface area contributed by atoms with Crippen LogP contribution in [-0.2, 0) is 4.79 Å². The number of carbonyl (C=O) groups excluding carboxylic acids is 1. The highest BCUT2D eigenvalue weighted by Crippen LogP contribution is 2.20. The summed E-state index contributed by atoms with van der Waals surface area (Å²) in [4.78, 5) is 18.3. The molecule has 1 fully saturated rings. The van der Waals surface area contributed by atoms with Crippen LogP contribution in [0.1, 0.15) is 0 Å². The maximum atomic E-state index is 13.9. The van der Waals surface area contributed by atoms with E-state index in [0.29, 0.717) is 56.6 Å². The van der Waals surface area contributed by atoms with E-state index in [1.165, 1.54) is 6.07 Å². The van der Waals surface area contributed by atoms with Crippen LogP contribution in [-0.4, -0.2) is 68.6 Å². The van der Waals surface area contributed by atoms with Gasteiger partial charge in [-0.3, -0.25) is 9.69 Å². The zero-order valence-corrected chi connectivity index (χ0v) is 16.7. The van der Waals surface area contributed by atoms with Crippen molar-refractivity contribution in [1.82, 2.24) is 9.80 Å². The molecular weight excluding hydrogens is 381 g/mol. The molecule has 1 heterocycles. The molecule has 0 radical (unpaired) electrons. The molecule has 150 valence electrons. The Morgan fingerprint density at radius 1 is 1.14 bits per heavy atom. The van der Waals surface area contributed by atoms with Crippen molar-refractivity contribution in [3.05, 3.63) is 59.4 Å². The highest BCUT2D eigenvalue weighted by atomic mass is 35.5. The van der Waals surface area contributed by atoms with Crippen LogP contribution in [0.2, 0.25) is 5.02 Å². The second kappa shape index (κ2) is 9.75. The first-order valence-electron chi connectivity index (χ1n) is 9.37. The van der Waals surface area contributed by atoms with Gasteiger partial charge in [-0.1, -0.05) is 29.8 Å². The molecule has 0 unspecified atom stereocenters. The number of carbonyl (C=O) groups is 1. The molecule has 0 bridgehead atoms. The number of halogens is 2. The van der Waals surface area contributed by atoms with Gasteiger partial charge in [0.1, 0.15) is 18.2 Å². The summed E-state index contributed by atoms with van der Waals surface area (Å²) in [5.41, 5.74) is 0.602. The number of hydrogen-bond acceptors (Lipinski definition) is 4. The fraction of sp³-hybridized carbons (Fsp3) is 0.381. The molecule has 28 heavy (non-hydrogen) atoms. The van der Waals surface area contributed by atoms with Crippen molar-refractivity contribution in [3.8, 4) is 5.75 Å². The molecule has 0 aliphatic carbocycles. The van der Waals surface area contributed by atoms with Crippen molar-refractivity contribution in [2.24, 2.45) is 0 Å². The number of piperazine rings is 1. The van der Waals surface area contributed by atoms with Crippen molar-refractivity contribution in [2.45, 2.75) is 0 Å². The van der Waals surface area contributed by atoms with Gasteiger partial charge >= 0.3 is 0 Å². The molecule has 5 nitrogen and oxygen atoms in total. The lowest BCUT2D eigenvalue weighted by Crippen LogP contribution is -2.51. The molecule has 1 saturated heterocycles. The normalized spacial score (nSPS) is 14.4. The molecule has 7 heteroatoms. The third kappa shape index (κ3) is 5.59. The van der Waals surface area contributed by atoms with Crippen LogP contribution in [0.3, 0.4) is 0 Å². The molecule has 1 amide bonds. The van der Waals surface area contributed by atoms with Crippen LogP contribution in [0, 0.1) is 5.82 Å². The van der Waals surface area contributed by atoms with Crippen LogP contribution in [0.5, 0.6) is 5.75 Å². The van der Waals surface area contributed by atoms with Crippen molar-refractivity contribution >= 4 is 23.2 Å². The van der Waals surface area contributed by atoms with Gasteiger partial charge in [0, 0.05) is 37.7 Å². The fourth-order valence-electron chi connectivity index (χ4n) is 3.19. The molecule has 0 atom stereocenters. The van der Waals surface area contributed by atoms with Crippen LogP contribution >= 0.6 is 11.6 Å². The van der Waals surface area contributed by atoms with Crippen LogP contribution in [0.4, 0.5) is 10.1 Å². The third-order valence-electron chi connectivity index (χ3n) is 4.77. The smallest absolute Gasteiger partial charge is 0.236 e. The van der Waals surface area contributed by atoms with Gasteiger partial charge < -0.3 is 14.5 Å². The number of amides is 1. The average Bonchev–Trinajstić information content (AvgIpc) is 2.68. The third-order valence-corrected chi connectivity index (χ3v) is 5.00. The van der Waals surface area contributed by atoms with Gasteiger partial charge in [0.15, 0.2) is 0 Å². The summed E-state index contributed by atoms with van der Waals surface area (Å²) >= 11 is 5.93. The summed E-state index contributed by atoms with van der Waals surface area (Å²) < 4.78 is 19.6. The van der Waals surface area contributed by atoms with E-state index in [-0.39, 0.29) is 11.7 Å². The summed E-state index contributed by atoms with van der Waals surface area (Å²) in [7, 11) is 1.90. The Hall–Kier alpha value is -2.31. The van der Waals surface area contributed by atoms with Gasteiger partial charge in [-0.15, -0.1) is 0 Å². The minimum atomic E-state index is -0.221. The Balaban J connectivity index is 1.39. The first kappa shape index (κ1) is 20.4. The van der Waals surface area contributed by atoms with E-state index in [4.69, 9.17) is 16.3 Å². The van der Waals surface area contributed by atoms with E-state index in [0.717, 1.165) is 5.75 Å². The van der Waals surface area contributed by atoms with Crippen molar-refractivity contribution in [2.75, 3.05) is 57.8 Å². The molecule has 0 aromatic heterocycles. The fourth-order valence-corrected chi connectivity index (χ4v) is 3.37. The monoisotopic (exact) mass is 405 g/mol. The lowest BCUT2D eigenvalue weighted by Gasteiger charge is -2.36. The van der Waals surface area contributed by atoms with Gasteiger partial charge in [0.05, 0.1) is 12.2 Å². The molecule has 1 aliphatic rings. The van der Waals surface area contributed by atoms with E-state index in [1.54, 1.807) is 24.3 Å². The van der Waals surface area contributed by atoms with Crippen LogP contribution in [0.15, 0.2) is 48.5 Å². The molecule has 0 N–H and O–H groups in total. The Labute approximate surface area is 170 Å². The van der Waals surface area contributed by atoms with Gasteiger partial charge in [-0.05, 0) is 37.4 Å². The minimum absolute atomic E-state index is 0.0819. The van der Waals surface area contributed by atoms with E-state index >= 15 is 0 Å². The second-order valence-corrected chi connectivity index (χ2v) is 7.30. The maximum absolute atomic E-state index is 13.9. The minimum Gasteiger partial charge on any atom is -0.492 e.